The van der Waals surface area contributed by atoms with Crippen molar-refractivity contribution in [3.05, 3.63) is 35.9 Å². The van der Waals surface area contributed by atoms with Crippen LogP contribution in [0.15, 0.2) is 27.5 Å². The number of hydrogen-bond acceptors (Lipinski definition) is 6. The average molecular weight is 345 g/mol. The summed E-state index contributed by atoms with van der Waals surface area (Å²) in [5.41, 5.74) is 0.622. The Morgan fingerprint density at radius 2 is 2.00 bits per heavy atom. The third-order valence-corrected chi connectivity index (χ3v) is 5.20. The van der Waals surface area contributed by atoms with Gasteiger partial charge in [0.05, 0.1) is 11.8 Å². The van der Waals surface area contributed by atoms with Gasteiger partial charge in [-0.25, -0.2) is 0 Å². The van der Waals surface area contributed by atoms with Gasteiger partial charge in [0.1, 0.15) is 6.26 Å². The largest absolute Gasteiger partial charge is 0.472 e. The number of carbonyl (C=O) groups is 1. The molecule has 1 amide bonds. The summed E-state index contributed by atoms with van der Waals surface area (Å²) >= 11 is 0. The highest BCUT2D eigenvalue weighted by atomic mass is 16.5. The maximum atomic E-state index is 12.3. The number of ether oxygens (including phenoxy) is 1. The Morgan fingerprint density at radius 3 is 2.72 bits per heavy atom. The van der Waals surface area contributed by atoms with Crippen molar-refractivity contribution >= 4 is 5.91 Å². The first kappa shape index (κ1) is 16.3. The van der Waals surface area contributed by atoms with E-state index in [1.807, 2.05) is 4.90 Å². The molecule has 2 aliphatic heterocycles. The van der Waals surface area contributed by atoms with Crippen LogP contribution in [-0.4, -0.2) is 47.3 Å². The molecule has 25 heavy (non-hydrogen) atoms. The maximum absolute atomic E-state index is 12.3. The summed E-state index contributed by atoms with van der Waals surface area (Å²) in [4.78, 5) is 18.8. The van der Waals surface area contributed by atoms with E-state index in [0.29, 0.717) is 17.4 Å². The second-order valence-electron chi connectivity index (χ2n) is 6.88. The minimum atomic E-state index is 0.0480. The number of rotatable bonds is 4. The third-order valence-electron chi connectivity index (χ3n) is 5.20. The Kier molecular flexibility index (Phi) is 4.83. The van der Waals surface area contributed by atoms with Gasteiger partial charge in [-0.1, -0.05) is 5.16 Å². The first-order chi connectivity index (χ1) is 12.3. The van der Waals surface area contributed by atoms with E-state index in [9.17, 15) is 4.79 Å². The van der Waals surface area contributed by atoms with E-state index in [4.69, 9.17) is 13.7 Å². The molecule has 0 aromatic carbocycles. The molecule has 0 spiro atoms. The van der Waals surface area contributed by atoms with Gasteiger partial charge in [-0.2, -0.15) is 4.98 Å². The quantitative estimate of drug-likeness (QED) is 0.847. The molecule has 134 valence electrons. The highest BCUT2D eigenvalue weighted by Gasteiger charge is 2.27. The predicted molar refractivity (Wildman–Crippen MR) is 88.1 cm³/mol. The molecule has 2 aromatic heterocycles. The second-order valence-corrected chi connectivity index (χ2v) is 6.88. The molecule has 0 saturated carbocycles. The van der Waals surface area contributed by atoms with Gasteiger partial charge in [0.25, 0.3) is 5.91 Å². The van der Waals surface area contributed by atoms with Gasteiger partial charge in [-0.05, 0) is 37.7 Å². The monoisotopic (exact) mass is 345 g/mol. The van der Waals surface area contributed by atoms with Crippen molar-refractivity contribution < 1.29 is 18.5 Å². The summed E-state index contributed by atoms with van der Waals surface area (Å²) in [6, 6.07) is 1.71. The molecule has 0 N–H and O–H groups in total. The lowest BCUT2D eigenvalue weighted by molar-refractivity contribution is 0.0686. The van der Waals surface area contributed by atoms with Gasteiger partial charge in [0.2, 0.25) is 5.89 Å². The highest BCUT2D eigenvalue weighted by Crippen LogP contribution is 2.26. The van der Waals surface area contributed by atoms with E-state index in [1.54, 1.807) is 6.07 Å². The topological polar surface area (TPSA) is 81.6 Å². The van der Waals surface area contributed by atoms with Crippen LogP contribution in [0, 0.1) is 5.92 Å². The van der Waals surface area contributed by atoms with Gasteiger partial charge < -0.3 is 18.6 Å². The summed E-state index contributed by atoms with van der Waals surface area (Å²) in [5.74, 6) is 2.44. The number of carbonyl (C=O) groups excluding carboxylic acids is 1. The van der Waals surface area contributed by atoms with Gasteiger partial charge in [-0.15, -0.1) is 0 Å². The van der Waals surface area contributed by atoms with E-state index in [1.165, 1.54) is 12.5 Å². The van der Waals surface area contributed by atoms with E-state index in [2.05, 4.69) is 10.1 Å². The first-order valence-electron chi connectivity index (χ1n) is 9.01. The Hall–Kier alpha value is -2.15. The van der Waals surface area contributed by atoms with Crippen LogP contribution in [0.4, 0.5) is 0 Å². The molecule has 4 heterocycles. The van der Waals surface area contributed by atoms with Crippen molar-refractivity contribution in [1.82, 2.24) is 15.0 Å². The Labute approximate surface area is 146 Å². The van der Waals surface area contributed by atoms with E-state index >= 15 is 0 Å². The van der Waals surface area contributed by atoms with Crippen LogP contribution in [0.5, 0.6) is 0 Å². The lowest BCUT2D eigenvalue weighted by atomic mass is 9.93. The van der Waals surface area contributed by atoms with Crippen molar-refractivity contribution in [2.75, 3.05) is 26.3 Å². The fourth-order valence-electron chi connectivity index (χ4n) is 3.63. The van der Waals surface area contributed by atoms with E-state index in [-0.39, 0.29) is 5.91 Å². The summed E-state index contributed by atoms with van der Waals surface area (Å²) < 4.78 is 15.8. The molecule has 0 unspecified atom stereocenters. The average Bonchev–Trinajstić information content (AvgIpc) is 3.35. The maximum Gasteiger partial charge on any atom is 0.257 e. The van der Waals surface area contributed by atoms with Gasteiger partial charge in [0, 0.05) is 38.6 Å². The number of nitrogens with zero attached hydrogens (tertiary/aromatic N) is 3. The lowest BCUT2D eigenvalue weighted by Crippen LogP contribution is -2.38. The van der Waals surface area contributed by atoms with Crippen molar-refractivity contribution in [3.8, 4) is 0 Å². The predicted octanol–water partition coefficient (Wildman–Crippen LogP) is 2.65. The van der Waals surface area contributed by atoms with E-state index in [0.717, 1.165) is 70.1 Å². The van der Waals surface area contributed by atoms with Crippen LogP contribution in [0.3, 0.4) is 0 Å². The standard InChI is InChI=1S/C18H23N3O4/c22-18(15-5-10-24-12-15)21-6-1-13(2-7-21)11-16-19-17(20-25-16)14-3-8-23-9-4-14/h5,10,12-14H,1-4,6-9,11H2. The molecule has 0 atom stereocenters. The van der Waals surface area contributed by atoms with E-state index < -0.39 is 0 Å². The minimum absolute atomic E-state index is 0.0480. The number of amides is 1. The van der Waals surface area contributed by atoms with Crippen LogP contribution in [0.1, 0.15) is 53.7 Å². The second kappa shape index (κ2) is 7.39. The Morgan fingerprint density at radius 1 is 1.20 bits per heavy atom. The number of aromatic nitrogens is 2. The fraction of sp³-hybridized carbons (Fsp3) is 0.611. The van der Waals surface area contributed by atoms with Crippen molar-refractivity contribution in [2.24, 2.45) is 5.92 Å². The molecule has 7 nitrogen and oxygen atoms in total. The van der Waals surface area contributed by atoms with Crippen molar-refractivity contribution in [3.63, 3.8) is 0 Å². The SMILES string of the molecule is O=C(c1ccoc1)N1CCC(Cc2nc(C3CCOCC3)no2)CC1. The van der Waals surface area contributed by atoms with Crippen molar-refractivity contribution in [1.29, 1.82) is 0 Å². The van der Waals surface area contributed by atoms with Crippen LogP contribution >= 0.6 is 0 Å². The Balaban J connectivity index is 1.28. The van der Waals surface area contributed by atoms with Gasteiger partial charge >= 0.3 is 0 Å². The lowest BCUT2D eigenvalue weighted by Gasteiger charge is -2.31. The number of piperidine rings is 1. The van der Waals surface area contributed by atoms with Crippen LogP contribution in [0.2, 0.25) is 0 Å². The zero-order valence-corrected chi connectivity index (χ0v) is 14.2. The molecule has 4 rings (SSSR count). The smallest absolute Gasteiger partial charge is 0.257 e. The molecular weight excluding hydrogens is 322 g/mol. The molecule has 0 bridgehead atoms. The minimum Gasteiger partial charge on any atom is -0.472 e. The van der Waals surface area contributed by atoms with Crippen molar-refractivity contribution in [2.45, 2.75) is 38.0 Å². The number of likely N-dealkylation sites (tertiary alicyclic amines) is 1. The summed E-state index contributed by atoms with van der Waals surface area (Å²) in [6.45, 7) is 3.07. The zero-order chi connectivity index (χ0) is 17.1. The molecule has 2 fully saturated rings. The molecule has 2 aliphatic rings. The summed E-state index contributed by atoms with van der Waals surface area (Å²) in [6.07, 6.45) is 7.68. The highest BCUT2D eigenvalue weighted by molar-refractivity contribution is 5.93. The van der Waals surface area contributed by atoms with Gasteiger partial charge in [0.15, 0.2) is 5.82 Å². The summed E-state index contributed by atoms with van der Waals surface area (Å²) in [5, 5.41) is 4.17. The van der Waals surface area contributed by atoms with Crippen LogP contribution in [0.25, 0.3) is 0 Å². The van der Waals surface area contributed by atoms with Crippen LogP contribution < -0.4 is 0 Å². The molecule has 0 radical (unpaired) electrons. The van der Waals surface area contributed by atoms with Gasteiger partial charge in [-0.3, -0.25) is 4.79 Å². The molecular formula is C18H23N3O4. The molecule has 2 saturated heterocycles. The summed E-state index contributed by atoms with van der Waals surface area (Å²) in [7, 11) is 0. The first-order valence-corrected chi connectivity index (χ1v) is 9.01. The Bertz CT molecular complexity index is 683. The third kappa shape index (κ3) is 3.76. The molecule has 0 aliphatic carbocycles. The normalized spacial score (nSPS) is 20.1. The molecule has 2 aromatic rings. The fourth-order valence-corrected chi connectivity index (χ4v) is 3.63. The zero-order valence-electron chi connectivity index (χ0n) is 14.2. The number of furan rings is 1. The number of hydrogen-bond donors (Lipinski definition) is 0. The molecule has 7 heteroatoms. The van der Waals surface area contributed by atoms with Crippen LogP contribution in [-0.2, 0) is 11.2 Å².